The number of halogens is 1. The van der Waals surface area contributed by atoms with E-state index >= 15 is 0 Å². The molecule has 26 heavy (non-hydrogen) atoms. The van der Waals surface area contributed by atoms with Crippen molar-refractivity contribution in [3.05, 3.63) is 70.7 Å². The quantitative estimate of drug-likeness (QED) is 0.647. The number of carbonyl (C=O) groups excluding carboxylic acids is 2. The highest BCUT2D eigenvalue weighted by Crippen LogP contribution is 2.23. The smallest absolute Gasteiger partial charge is 0.220 e. The van der Waals surface area contributed by atoms with E-state index in [0.717, 1.165) is 30.4 Å². The van der Waals surface area contributed by atoms with E-state index in [0.29, 0.717) is 18.0 Å². The Morgan fingerprint density at radius 3 is 2.23 bits per heavy atom. The molecule has 0 aromatic heterocycles. The number of rotatable bonds is 9. The van der Waals surface area contributed by atoms with Crippen LogP contribution in [0.1, 0.15) is 49.8 Å². The van der Waals surface area contributed by atoms with Gasteiger partial charge in [-0.05, 0) is 36.1 Å². The van der Waals surface area contributed by atoms with Gasteiger partial charge in [0.05, 0.1) is 6.04 Å². The second kappa shape index (κ2) is 10.6. The van der Waals surface area contributed by atoms with Crippen LogP contribution in [0, 0.1) is 0 Å². The number of unbranched alkanes of at least 4 members (excludes halogenated alkanes) is 2. The van der Waals surface area contributed by atoms with Crippen LogP contribution in [0.4, 0.5) is 0 Å². The molecule has 1 unspecified atom stereocenters. The molecule has 138 valence electrons. The third-order valence-corrected chi connectivity index (χ3v) is 4.35. The Bertz CT molecular complexity index is 702. The maximum atomic E-state index is 12.4. The molecule has 2 aromatic rings. The summed E-state index contributed by atoms with van der Waals surface area (Å²) in [5.41, 5.74) is 2.04. The van der Waals surface area contributed by atoms with Crippen molar-refractivity contribution in [1.82, 2.24) is 10.6 Å². The van der Waals surface area contributed by atoms with E-state index in [4.69, 9.17) is 11.6 Å². The van der Waals surface area contributed by atoms with Gasteiger partial charge in [0, 0.05) is 24.9 Å². The molecule has 2 rings (SSSR count). The SMILES string of the molecule is CC(=O)NCCCCCC(=O)NC(c1ccccc1)c1ccc(Cl)cc1. The van der Waals surface area contributed by atoms with Crippen LogP contribution in [-0.2, 0) is 9.59 Å². The minimum absolute atomic E-state index is 0.0172. The summed E-state index contributed by atoms with van der Waals surface area (Å²) in [5, 5.41) is 6.56. The molecule has 0 heterocycles. The van der Waals surface area contributed by atoms with Crippen LogP contribution in [-0.4, -0.2) is 18.4 Å². The molecule has 0 aliphatic heterocycles. The van der Waals surface area contributed by atoms with Crippen LogP contribution in [0.2, 0.25) is 5.02 Å². The molecular formula is C21H25ClN2O2. The molecule has 0 spiro atoms. The van der Waals surface area contributed by atoms with E-state index < -0.39 is 0 Å². The van der Waals surface area contributed by atoms with Crippen molar-refractivity contribution in [1.29, 1.82) is 0 Å². The Morgan fingerprint density at radius 2 is 1.58 bits per heavy atom. The lowest BCUT2D eigenvalue weighted by atomic mass is 9.98. The maximum absolute atomic E-state index is 12.4. The fourth-order valence-corrected chi connectivity index (χ4v) is 2.87. The molecule has 2 amide bonds. The molecule has 0 bridgehead atoms. The number of amides is 2. The molecule has 2 N–H and O–H groups in total. The summed E-state index contributed by atoms with van der Waals surface area (Å²) in [4.78, 5) is 23.2. The zero-order valence-corrected chi connectivity index (χ0v) is 15.8. The lowest BCUT2D eigenvalue weighted by molar-refractivity contribution is -0.122. The Labute approximate surface area is 159 Å². The summed E-state index contributed by atoms with van der Waals surface area (Å²) in [6.07, 6.45) is 3.06. The van der Waals surface area contributed by atoms with Gasteiger partial charge in [-0.25, -0.2) is 0 Å². The van der Waals surface area contributed by atoms with Crippen molar-refractivity contribution in [2.75, 3.05) is 6.54 Å². The topological polar surface area (TPSA) is 58.2 Å². The van der Waals surface area contributed by atoms with E-state index in [1.165, 1.54) is 6.92 Å². The summed E-state index contributed by atoms with van der Waals surface area (Å²) in [5.74, 6) is 0.00439. The molecule has 0 saturated heterocycles. The van der Waals surface area contributed by atoms with Gasteiger partial charge in [-0.3, -0.25) is 9.59 Å². The van der Waals surface area contributed by atoms with Crippen LogP contribution >= 0.6 is 11.6 Å². The van der Waals surface area contributed by atoms with Crippen LogP contribution in [0.3, 0.4) is 0 Å². The maximum Gasteiger partial charge on any atom is 0.220 e. The molecule has 0 aliphatic carbocycles. The largest absolute Gasteiger partial charge is 0.356 e. The highest BCUT2D eigenvalue weighted by molar-refractivity contribution is 6.30. The number of carbonyl (C=O) groups is 2. The fourth-order valence-electron chi connectivity index (χ4n) is 2.74. The third-order valence-electron chi connectivity index (χ3n) is 4.10. The summed E-state index contributed by atoms with van der Waals surface area (Å²) < 4.78 is 0. The standard InChI is InChI=1S/C21H25ClN2O2/c1-16(25)23-15-7-3-6-10-20(26)24-21(17-8-4-2-5-9-17)18-11-13-19(22)14-12-18/h2,4-5,8-9,11-14,21H,3,6-7,10,15H2,1H3,(H,23,25)(H,24,26). The predicted molar refractivity (Wildman–Crippen MR) is 105 cm³/mol. The molecule has 5 heteroatoms. The summed E-state index contributed by atoms with van der Waals surface area (Å²) >= 11 is 5.98. The number of hydrogen-bond donors (Lipinski definition) is 2. The van der Waals surface area contributed by atoms with Gasteiger partial charge in [0.2, 0.25) is 11.8 Å². The first-order chi connectivity index (χ1) is 12.6. The molecule has 2 aromatic carbocycles. The van der Waals surface area contributed by atoms with Gasteiger partial charge in [0.25, 0.3) is 0 Å². The number of benzene rings is 2. The molecule has 0 saturated carbocycles. The first-order valence-corrected chi connectivity index (χ1v) is 9.28. The molecular weight excluding hydrogens is 348 g/mol. The van der Waals surface area contributed by atoms with E-state index in [-0.39, 0.29) is 17.9 Å². The lowest BCUT2D eigenvalue weighted by Gasteiger charge is -2.20. The Balaban J connectivity index is 1.91. The second-order valence-electron chi connectivity index (χ2n) is 6.26. The molecule has 4 nitrogen and oxygen atoms in total. The Hall–Kier alpha value is -2.33. The minimum Gasteiger partial charge on any atom is -0.356 e. The minimum atomic E-state index is -0.194. The van der Waals surface area contributed by atoms with Crippen LogP contribution in [0.15, 0.2) is 54.6 Å². The van der Waals surface area contributed by atoms with Gasteiger partial charge in [-0.15, -0.1) is 0 Å². The van der Waals surface area contributed by atoms with Crippen molar-refractivity contribution >= 4 is 23.4 Å². The first kappa shape index (κ1) is 20.0. The van der Waals surface area contributed by atoms with Crippen molar-refractivity contribution in [3.8, 4) is 0 Å². The summed E-state index contributed by atoms with van der Waals surface area (Å²) in [6, 6.07) is 17.3. The molecule has 1 atom stereocenters. The van der Waals surface area contributed by atoms with Gasteiger partial charge in [0.1, 0.15) is 0 Å². The van der Waals surface area contributed by atoms with E-state index in [2.05, 4.69) is 10.6 Å². The van der Waals surface area contributed by atoms with Crippen molar-refractivity contribution < 1.29 is 9.59 Å². The summed E-state index contributed by atoms with van der Waals surface area (Å²) in [7, 11) is 0. The predicted octanol–water partition coefficient (Wildman–Crippen LogP) is 4.24. The fraction of sp³-hybridized carbons (Fsp3) is 0.333. The third kappa shape index (κ3) is 6.89. The molecule has 0 fully saturated rings. The van der Waals surface area contributed by atoms with Gasteiger partial charge >= 0.3 is 0 Å². The Kier molecular flexibility index (Phi) is 8.16. The highest BCUT2D eigenvalue weighted by atomic mass is 35.5. The van der Waals surface area contributed by atoms with Crippen molar-refractivity contribution in [2.24, 2.45) is 0 Å². The second-order valence-corrected chi connectivity index (χ2v) is 6.69. The van der Waals surface area contributed by atoms with Crippen LogP contribution in [0.5, 0.6) is 0 Å². The Morgan fingerprint density at radius 1 is 0.923 bits per heavy atom. The van der Waals surface area contributed by atoms with Crippen LogP contribution in [0.25, 0.3) is 0 Å². The first-order valence-electron chi connectivity index (χ1n) is 8.90. The van der Waals surface area contributed by atoms with E-state index in [1.54, 1.807) is 0 Å². The zero-order chi connectivity index (χ0) is 18.8. The summed E-state index contributed by atoms with van der Waals surface area (Å²) in [6.45, 7) is 2.17. The average Bonchev–Trinajstić information content (AvgIpc) is 2.64. The van der Waals surface area contributed by atoms with Crippen molar-refractivity contribution in [2.45, 2.75) is 38.6 Å². The van der Waals surface area contributed by atoms with E-state index in [1.807, 2.05) is 54.6 Å². The zero-order valence-electron chi connectivity index (χ0n) is 15.0. The van der Waals surface area contributed by atoms with Gasteiger partial charge in [0.15, 0.2) is 0 Å². The molecule has 0 aliphatic rings. The monoisotopic (exact) mass is 372 g/mol. The van der Waals surface area contributed by atoms with Gasteiger partial charge < -0.3 is 10.6 Å². The van der Waals surface area contributed by atoms with Crippen LogP contribution < -0.4 is 10.6 Å². The van der Waals surface area contributed by atoms with Crippen molar-refractivity contribution in [3.63, 3.8) is 0 Å². The average molecular weight is 373 g/mol. The van der Waals surface area contributed by atoms with E-state index in [9.17, 15) is 9.59 Å². The van der Waals surface area contributed by atoms with Gasteiger partial charge in [-0.1, -0.05) is 60.5 Å². The normalized spacial score (nSPS) is 11.6. The molecule has 0 radical (unpaired) electrons. The number of nitrogens with one attached hydrogen (secondary N) is 2. The lowest BCUT2D eigenvalue weighted by Crippen LogP contribution is -2.29. The number of hydrogen-bond acceptors (Lipinski definition) is 2. The van der Waals surface area contributed by atoms with Gasteiger partial charge in [-0.2, -0.15) is 0 Å². The highest BCUT2D eigenvalue weighted by Gasteiger charge is 2.16.